The van der Waals surface area contributed by atoms with Gasteiger partial charge in [0, 0.05) is 37.8 Å². The van der Waals surface area contributed by atoms with E-state index >= 15 is 0 Å². The van der Waals surface area contributed by atoms with Crippen LogP contribution in [-0.4, -0.2) is 50.3 Å². The summed E-state index contributed by atoms with van der Waals surface area (Å²) in [4.78, 5) is 7.06. The van der Waals surface area contributed by atoms with Gasteiger partial charge in [-0.15, -0.1) is 24.0 Å². The third-order valence-electron chi connectivity index (χ3n) is 4.53. The quantitative estimate of drug-likeness (QED) is 0.390. The van der Waals surface area contributed by atoms with E-state index in [9.17, 15) is 0 Å². The summed E-state index contributed by atoms with van der Waals surface area (Å²) in [6.45, 7) is 10.1. The van der Waals surface area contributed by atoms with Gasteiger partial charge in [-0.2, -0.15) is 0 Å². The number of aliphatic imine (C=N–C) groups is 1. The number of anilines is 1. The van der Waals surface area contributed by atoms with Crippen LogP contribution in [0.1, 0.15) is 26.7 Å². The lowest BCUT2D eigenvalue weighted by Crippen LogP contribution is -2.27. The zero-order valence-corrected chi connectivity index (χ0v) is 18.1. The molecule has 3 rings (SSSR count). The minimum atomic E-state index is 0. The fourth-order valence-corrected chi connectivity index (χ4v) is 3.40. The molecule has 1 saturated heterocycles. The Balaban J connectivity index is 0.00000243. The maximum Gasteiger partial charge on any atom is 0.193 e. The van der Waals surface area contributed by atoms with Crippen LogP contribution in [0.2, 0.25) is 0 Å². The highest BCUT2D eigenvalue weighted by atomic mass is 127. The zero-order valence-electron chi connectivity index (χ0n) is 15.7. The molecule has 0 bridgehead atoms. The largest absolute Gasteiger partial charge is 0.490 e. The molecule has 0 aromatic heterocycles. The Hall–Kier alpha value is -1.22. The fraction of sp³-hybridized carbons (Fsp3) is 0.632. The first kappa shape index (κ1) is 21.1. The van der Waals surface area contributed by atoms with Crippen LogP contribution in [0.3, 0.4) is 0 Å². The molecule has 2 heterocycles. The van der Waals surface area contributed by atoms with Crippen molar-refractivity contribution in [3.05, 3.63) is 18.2 Å². The topological polar surface area (TPSA) is 72.1 Å². The number of nitrogens with one attached hydrogen (secondary N) is 1. The van der Waals surface area contributed by atoms with E-state index in [1.807, 2.05) is 18.2 Å². The van der Waals surface area contributed by atoms with Crippen LogP contribution in [0.5, 0.6) is 11.5 Å². The molecule has 1 unspecified atom stereocenters. The molecular formula is C19H31IN4O2. The van der Waals surface area contributed by atoms with Gasteiger partial charge < -0.3 is 25.4 Å². The Morgan fingerprint density at radius 3 is 2.85 bits per heavy atom. The number of halogens is 1. The second kappa shape index (κ2) is 10.2. The summed E-state index contributed by atoms with van der Waals surface area (Å²) >= 11 is 0. The Morgan fingerprint density at radius 1 is 1.31 bits per heavy atom. The van der Waals surface area contributed by atoms with Crippen molar-refractivity contribution in [3.8, 4) is 11.5 Å². The molecule has 7 heteroatoms. The van der Waals surface area contributed by atoms with Crippen molar-refractivity contribution in [2.45, 2.75) is 26.7 Å². The fourth-order valence-electron chi connectivity index (χ4n) is 3.40. The second-order valence-corrected chi connectivity index (χ2v) is 7.37. The molecule has 2 aliphatic heterocycles. The van der Waals surface area contributed by atoms with Crippen LogP contribution >= 0.6 is 24.0 Å². The van der Waals surface area contributed by atoms with E-state index < -0.39 is 0 Å². The van der Waals surface area contributed by atoms with Crippen LogP contribution in [-0.2, 0) is 0 Å². The lowest BCUT2D eigenvalue weighted by atomic mass is 10.1. The van der Waals surface area contributed by atoms with Crippen molar-refractivity contribution < 1.29 is 9.47 Å². The van der Waals surface area contributed by atoms with Crippen LogP contribution in [0.4, 0.5) is 5.69 Å². The van der Waals surface area contributed by atoms with Crippen molar-refractivity contribution in [1.29, 1.82) is 0 Å². The number of benzene rings is 1. The van der Waals surface area contributed by atoms with E-state index in [-0.39, 0.29) is 24.0 Å². The first-order chi connectivity index (χ1) is 12.1. The average molecular weight is 474 g/mol. The summed E-state index contributed by atoms with van der Waals surface area (Å²) < 4.78 is 11.3. The van der Waals surface area contributed by atoms with E-state index in [0.29, 0.717) is 31.0 Å². The molecule has 0 saturated carbocycles. The van der Waals surface area contributed by atoms with E-state index in [1.165, 1.54) is 19.5 Å². The molecule has 1 fully saturated rings. The van der Waals surface area contributed by atoms with Gasteiger partial charge in [-0.1, -0.05) is 13.8 Å². The number of ether oxygens (including phenoxy) is 2. The maximum atomic E-state index is 6.06. The number of nitrogens with two attached hydrogens (primary N) is 1. The van der Waals surface area contributed by atoms with Crippen LogP contribution in [0.15, 0.2) is 23.2 Å². The van der Waals surface area contributed by atoms with Gasteiger partial charge in [0.2, 0.25) is 0 Å². The predicted molar refractivity (Wildman–Crippen MR) is 117 cm³/mol. The highest BCUT2D eigenvalue weighted by Gasteiger charge is 2.22. The van der Waals surface area contributed by atoms with Crippen molar-refractivity contribution >= 4 is 35.6 Å². The number of fused-ring (bicyclic) bond motifs is 1. The van der Waals surface area contributed by atoms with Gasteiger partial charge in [-0.25, -0.2) is 0 Å². The highest BCUT2D eigenvalue weighted by molar-refractivity contribution is 14.0. The van der Waals surface area contributed by atoms with E-state index in [1.54, 1.807) is 0 Å². The molecular weight excluding hydrogens is 443 g/mol. The van der Waals surface area contributed by atoms with Gasteiger partial charge in [-0.3, -0.25) is 4.99 Å². The number of guanidine groups is 1. The van der Waals surface area contributed by atoms with Gasteiger partial charge in [0.25, 0.3) is 0 Å². The van der Waals surface area contributed by atoms with Gasteiger partial charge in [0.05, 0.1) is 13.2 Å². The number of nitrogens with zero attached hydrogens (tertiary/aromatic N) is 2. The number of hydrogen-bond acceptors (Lipinski definition) is 4. The van der Waals surface area contributed by atoms with Gasteiger partial charge in [0.15, 0.2) is 17.5 Å². The number of hydrogen-bond donors (Lipinski definition) is 2. The summed E-state index contributed by atoms with van der Waals surface area (Å²) in [6, 6.07) is 5.77. The van der Waals surface area contributed by atoms with Crippen LogP contribution in [0.25, 0.3) is 0 Å². The van der Waals surface area contributed by atoms with Crippen molar-refractivity contribution in [2.24, 2.45) is 22.6 Å². The summed E-state index contributed by atoms with van der Waals surface area (Å²) in [5.74, 6) is 3.32. The van der Waals surface area contributed by atoms with E-state index in [0.717, 1.165) is 36.7 Å². The first-order valence-electron chi connectivity index (χ1n) is 9.29. The molecule has 2 aliphatic rings. The number of likely N-dealkylation sites (tertiary alicyclic amines) is 1. The minimum Gasteiger partial charge on any atom is -0.490 e. The van der Waals surface area contributed by atoms with Crippen LogP contribution in [0, 0.1) is 11.8 Å². The normalized spacial score (nSPS) is 20.6. The lowest BCUT2D eigenvalue weighted by Gasteiger charge is -2.17. The lowest BCUT2D eigenvalue weighted by molar-refractivity contribution is 0.288. The average Bonchev–Trinajstić information content (AvgIpc) is 2.87. The first-order valence-corrected chi connectivity index (χ1v) is 9.29. The highest BCUT2D eigenvalue weighted by Crippen LogP contribution is 2.32. The molecule has 1 aromatic carbocycles. The van der Waals surface area contributed by atoms with E-state index in [2.05, 4.69) is 29.1 Å². The van der Waals surface area contributed by atoms with Gasteiger partial charge in [-0.05, 0) is 36.9 Å². The van der Waals surface area contributed by atoms with Crippen molar-refractivity contribution in [2.75, 3.05) is 44.7 Å². The van der Waals surface area contributed by atoms with Crippen molar-refractivity contribution in [1.82, 2.24) is 4.90 Å². The molecule has 0 radical (unpaired) electrons. The molecule has 26 heavy (non-hydrogen) atoms. The molecule has 3 N–H and O–H groups in total. The molecule has 1 atom stereocenters. The Bertz CT molecular complexity index is 609. The van der Waals surface area contributed by atoms with Crippen molar-refractivity contribution in [3.63, 3.8) is 0 Å². The second-order valence-electron chi connectivity index (χ2n) is 7.37. The van der Waals surface area contributed by atoms with Gasteiger partial charge in [0.1, 0.15) is 0 Å². The molecule has 6 nitrogen and oxygen atoms in total. The predicted octanol–water partition coefficient (Wildman–Crippen LogP) is 3.17. The molecule has 146 valence electrons. The third kappa shape index (κ3) is 6.19. The number of rotatable bonds is 5. The molecule has 1 aromatic rings. The maximum absolute atomic E-state index is 6.06. The summed E-state index contributed by atoms with van der Waals surface area (Å²) in [5.41, 5.74) is 6.93. The SMILES string of the molecule is CC(C)CN1CCC(CN=C(N)Nc2ccc3c(c2)OCCCO3)C1.I. The minimum absolute atomic E-state index is 0. The molecule has 0 spiro atoms. The smallest absolute Gasteiger partial charge is 0.193 e. The Morgan fingerprint density at radius 2 is 2.08 bits per heavy atom. The van der Waals surface area contributed by atoms with Crippen LogP contribution < -0.4 is 20.5 Å². The third-order valence-corrected chi connectivity index (χ3v) is 4.53. The van der Waals surface area contributed by atoms with E-state index in [4.69, 9.17) is 15.2 Å². The summed E-state index contributed by atoms with van der Waals surface area (Å²) in [5, 5.41) is 3.16. The monoisotopic (exact) mass is 474 g/mol. The van der Waals surface area contributed by atoms with Gasteiger partial charge >= 0.3 is 0 Å². The standard InChI is InChI=1S/C19H30N4O2.HI/c1-14(2)12-23-7-6-15(13-23)11-21-19(20)22-16-4-5-17-18(10-16)25-9-3-8-24-17;/h4-5,10,14-15H,3,6-9,11-13H2,1-2H3,(H3,20,21,22);1H. The molecule has 0 amide bonds. The summed E-state index contributed by atoms with van der Waals surface area (Å²) in [7, 11) is 0. The summed E-state index contributed by atoms with van der Waals surface area (Å²) in [6.07, 6.45) is 2.10. The zero-order chi connectivity index (χ0) is 17.6. The Labute approximate surface area is 173 Å². The molecule has 0 aliphatic carbocycles. The Kier molecular flexibility index (Phi) is 8.27.